The monoisotopic (exact) mass is 507 g/mol. The van der Waals surface area contributed by atoms with Gasteiger partial charge in [-0.15, -0.1) is 0 Å². The lowest BCUT2D eigenvalue weighted by molar-refractivity contribution is -0.128. The minimum absolute atomic E-state index is 0.107. The number of allylic oxidation sites excluding steroid dienone is 1. The Morgan fingerprint density at radius 2 is 1.87 bits per heavy atom. The average Bonchev–Trinajstić information content (AvgIpc) is 3.33. The van der Waals surface area contributed by atoms with Crippen molar-refractivity contribution in [2.45, 2.75) is 32.7 Å². The number of fused-ring (bicyclic) bond motifs is 1. The fraction of sp³-hybridized carbons (Fsp3) is 0.276. The number of carbonyl (C=O) groups is 1. The first-order valence-electron chi connectivity index (χ1n) is 12.7. The van der Waals surface area contributed by atoms with Crippen LogP contribution in [0.5, 0.6) is 11.5 Å². The molecule has 0 radical (unpaired) electrons. The molecule has 1 amide bonds. The SMILES string of the molecule is CC(C)/C=C(\C#N)C(=O)N1CCC[C@H](n2nc(-c3ccc(Oc4ccccc4)cc3)c3c(N)ncnc32)C1. The van der Waals surface area contributed by atoms with Crippen LogP contribution in [0.25, 0.3) is 22.3 Å². The summed E-state index contributed by atoms with van der Waals surface area (Å²) in [5.74, 6) is 1.67. The predicted octanol–water partition coefficient (Wildman–Crippen LogP) is 5.14. The van der Waals surface area contributed by atoms with Gasteiger partial charge in [-0.25, -0.2) is 14.6 Å². The largest absolute Gasteiger partial charge is 0.457 e. The standard InChI is InChI=1S/C29H29N7O2/c1-19(2)15-21(16-30)29(37)35-14-6-7-22(17-35)36-28-25(27(31)32-18-33-28)26(34-36)20-10-12-24(13-11-20)38-23-8-4-3-5-9-23/h3-5,8-13,15,18-19,22H,6-7,14,17H2,1-2H3,(H2,31,32,33)/b21-15+/t22-/m0/s1. The molecule has 0 aliphatic carbocycles. The maximum Gasteiger partial charge on any atom is 0.264 e. The van der Waals surface area contributed by atoms with Gasteiger partial charge in [0.05, 0.1) is 11.4 Å². The fourth-order valence-electron chi connectivity index (χ4n) is 4.76. The highest BCUT2D eigenvalue weighted by Crippen LogP contribution is 2.35. The molecule has 0 unspecified atom stereocenters. The molecule has 9 nitrogen and oxygen atoms in total. The lowest BCUT2D eigenvalue weighted by Crippen LogP contribution is -2.41. The summed E-state index contributed by atoms with van der Waals surface area (Å²) in [6, 6.07) is 19.2. The lowest BCUT2D eigenvalue weighted by atomic mass is 10.0. The highest BCUT2D eigenvalue weighted by atomic mass is 16.5. The van der Waals surface area contributed by atoms with Crippen LogP contribution in [0.15, 0.2) is 72.6 Å². The number of piperidine rings is 1. The Hall–Kier alpha value is -4.71. The summed E-state index contributed by atoms with van der Waals surface area (Å²) in [6.45, 7) is 4.93. The molecule has 2 aromatic heterocycles. The number of aromatic nitrogens is 4. The number of benzene rings is 2. The molecule has 2 aromatic carbocycles. The van der Waals surface area contributed by atoms with Gasteiger partial charge in [0.15, 0.2) is 5.65 Å². The normalized spacial score (nSPS) is 16.0. The number of carbonyl (C=O) groups excluding carboxylic acids is 1. The summed E-state index contributed by atoms with van der Waals surface area (Å²) in [7, 11) is 0. The first-order chi connectivity index (χ1) is 18.4. The van der Waals surface area contributed by atoms with E-state index in [0.29, 0.717) is 41.4 Å². The Balaban J connectivity index is 1.46. The molecular weight excluding hydrogens is 478 g/mol. The quantitative estimate of drug-likeness (QED) is 0.283. The van der Waals surface area contributed by atoms with Gasteiger partial charge in [-0.3, -0.25) is 4.79 Å². The second-order valence-electron chi connectivity index (χ2n) is 9.67. The number of rotatable bonds is 6. The van der Waals surface area contributed by atoms with Crippen molar-refractivity contribution in [1.29, 1.82) is 5.26 Å². The van der Waals surface area contributed by atoms with E-state index in [1.54, 1.807) is 11.0 Å². The summed E-state index contributed by atoms with van der Waals surface area (Å²) in [5, 5.41) is 15.2. The van der Waals surface area contributed by atoms with Crippen LogP contribution in [0.2, 0.25) is 0 Å². The Kier molecular flexibility index (Phi) is 7.05. The van der Waals surface area contributed by atoms with Crippen LogP contribution < -0.4 is 10.5 Å². The van der Waals surface area contributed by atoms with E-state index in [4.69, 9.17) is 15.6 Å². The van der Waals surface area contributed by atoms with Crippen LogP contribution in [0.4, 0.5) is 5.82 Å². The van der Waals surface area contributed by atoms with Crippen molar-refractivity contribution < 1.29 is 9.53 Å². The molecule has 5 rings (SSSR count). The zero-order valence-corrected chi connectivity index (χ0v) is 21.4. The molecule has 1 aliphatic rings. The number of nitrogens with zero attached hydrogens (tertiary/aromatic N) is 6. The van der Waals surface area contributed by atoms with Gasteiger partial charge >= 0.3 is 0 Å². The van der Waals surface area contributed by atoms with Crippen molar-refractivity contribution in [1.82, 2.24) is 24.6 Å². The van der Waals surface area contributed by atoms with E-state index in [0.717, 1.165) is 24.2 Å². The van der Waals surface area contributed by atoms with Gasteiger partial charge in [0.25, 0.3) is 5.91 Å². The maximum absolute atomic E-state index is 13.1. The maximum atomic E-state index is 13.1. The van der Waals surface area contributed by atoms with Gasteiger partial charge in [0.1, 0.15) is 41.0 Å². The molecule has 1 atom stereocenters. The molecule has 1 fully saturated rings. The molecule has 0 bridgehead atoms. The third kappa shape index (κ3) is 5.06. The Morgan fingerprint density at radius 3 is 2.58 bits per heavy atom. The highest BCUT2D eigenvalue weighted by molar-refractivity contribution is 5.99. The van der Waals surface area contributed by atoms with E-state index in [2.05, 4.69) is 16.0 Å². The van der Waals surface area contributed by atoms with Gasteiger partial charge < -0.3 is 15.4 Å². The number of ether oxygens (including phenoxy) is 1. The zero-order valence-electron chi connectivity index (χ0n) is 21.4. The van der Waals surface area contributed by atoms with Gasteiger partial charge in [-0.05, 0) is 55.2 Å². The number of anilines is 1. The Bertz CT molecular complexity index is 1520. The second-order valence-corrected chi connectivity index (χ2v) is 9.67. The number of nitriles is 1. The first-order valence-corrected chi connectivity index (χ1v) is 12.7. The molecular formula is C29H29N7O2. The minimum Gasteiger partial charge on any atom is -0.457 e. The first kappa shape index (κ1) is 25.0. The van der Waals surface area contributed by atoms with Gasteiger partial charge in [0.2, 0.25) is 0 Å². The van der Waals surface area contributed by atoms with Crippen molar-refractivity contribution in [2.75, 3.05) is 18.8 Å². The van der Waals surface area contributed by atoms with E-state index in [-0.39, 0.29) is 23.4 Å². The van der Waals surface area contributed by atoms with Crippen molar-refractivity contribution >= 4 is 22.8 Å². The molecule has 3 heterocycles. The Labute approximate surface area is 221 Å². The smallest absolute Gasteiger partial charge is 0.264 e. The number of likely N-dealkylation sites (tertiary alicyclic amines) is 1. The van der Waals surface area contributed by atoms with Crippen LogP contribution in [0.1, 0.15) is 32.7 Å². The van der Waals surface area contributed by atoms with Gasteiger partial charge in [-0.1, -0.05) is 38.1 Å². The fourth-order valence-corrected chi connectivity index (χ4v) is 4.76. The molecule has 38 heavy (non-hydrogen) atoms. The van der Waals surface area contributed by atoms with E-state index >= 15 is 0 Å². The summed E-state index contributed by atoms with van der Waals surface area (Å²) in [4.78, 5) is 23.6. The predicted molar refractivity (Wildman–Crippen MR) is 145 cm³/mol. The molecule has 0 saturated carbocycles. The van der Waals surface area contributed by atoms with Crippen LogP contribution in [0.3, 0.4) is 0 Å². The molecule has 1 saturated heterocycles. The molecule has 2 N–H and O–H groups in total. The van der Waals surface area contributed by atoms with Crippen molar-refractivity contribution in [3.8, 4) is 28.8 Å². The molecule has 192 valence electrons. The van der Waals surface area contributed by atoms with Crippen molar-refractivity contribution in [3.05, 3.63) is 72.6 Å². The topological polar surface area (TPSA) is 123 Å². The van der Waals surface area contributed by atoms with Crippen LogP contribution in [-0.4, -0.2) is 43.6 Å². The summed E-state index contributed by atoms with van der Waals surface area (Å²) in [5.41, 5.74) is 8.63. The summed E-state index contributed by atoms with van der Waals surface area (Å²) in [6.07, 6.45) is 4.76. The number of amides is 1. The second kappa shape index (κ2) is 10.7. The van der Waals surface area contributed by atoms with Gasteiger partial charge in [0, 0.05) is 18.7 Å². The minimum atomic E-state index is -0.245. The van der Waals surface area contributed by atoms with Gasteiger partial charge in [-0.2, -0.15) is 10.4 Å². The van der Waals surface area contributed by atoms with Crippen LogP contribution in [0, 0.1) is 17.2 Å². The molecule has 9 heteroatoms. The summed E-state index contributed by atoms with van der Waals surface area (Å²) < 4.78 is 7.78. The van der Waals surface area contributed by atoms with E-state index < -0.39 is 0 Å². The highest BCUT2D eigenvalue weighted by Gasteiger charge is 2.30. The molecule has 1 aliphatic heterocycles. The molecule has 4 aromatic rings. The number of nitrogen functional groups attached to an aromatic ring is 1. The number of hydrogen-bond acceptors (Lipinski definition) is 7. The van der Waals surface area contributed by atoms with Crippen molar-refractivity contribution in [3.63, 3.8) is 0 Å². The molecule has 0 spiro atoms. The summed E-state index contributed by atoms with van der Waals surface area (Å²) >= 11 is 0. The lowest BCUT2D eigenvalue weighted by Gasteiger charge is -2.33. The van der Waals surface area contributed by atoms with E-state index in [1.165, 1.54) is 6.33 Å². The third-order valence-electron chi connectivity index (χ3n) is 6.51. The zero-order chi connectivity index (χ0) is 26.6. The average molecular weight is 508 g/mol. The van der Waals surface area contributed by atoms with Crippen LogP contribution in [-0.2, 0) is 4.79 Å². The number of hydrogen-bond donors (Lipinski definition) is 1. The van der Waals surface area contributed by atoms with E-state index in [9.17, 15) is 10.1 Å². The van der Waals surface area contributed by atoms with Crippen molar-refractivity contribution in [2.24, 2.45) is 5.92 Å². The third-order valence-corrected chi connectivity index (χ3v) is 6.51. The van der Waals surface area contributed by atoms with E-state index in [1.807, 2.05) is 73.1 Å². The number of para-hydroxylation sites is 1. The Morgan fingerprint density at radius 1 is 1.13 bits per heavy atom. The number of nitrogens with two attached hydrogens (primary N) is 1. The van der Waals surface area contributed by atoms with Crippen LogP contribution >= 0.6 is 0 Å².